The van der Waals surface area contributed by atoms with Gasteiger partial charge in [-0.1, -0.05) is 24.3 Å². The average Bonchev–Trinajstić information content (AvgIpc) is 2.47. The average molecular weight is 330 g/mol. The third-order valence-corrected chi connectivity index (χ3v) is 4.09. The van der Waals surface area contributed by atoms with Crippen molar-refractivity contribution in [1.29, 1.82) is 0 Å². The number of alkyl halides is 3. The maximum atomic E-state index is 13.0. The maximum Gasteiger partial charge on any atom is 0.442 e. The van der Waals surface area contributed by atoms with Gasteiger partial charge in [-0.05, 0) is 53.6 Å². The Hall–Kier alpha value is -1.69. The molecule has 0 heterocycles. The van der Waals surface area contributed by atoms with Gasteiger partial charge in [0, 0.05) is 5.25 Å². The van der Waals surface area contributed by atoms with Crippen LogP contribution in [0.2, 0.25) is 0 Å². The Labute approximate surface area is 130 Å². The number of benzene rings is 2. The minimum Gasteiger partial charge on any atom is -0.497 e. The zero-order valence-corrected chi connectivity index (χ0v) is 12.5. The summed E-state index contributed by atoms with van der Waals surface area (Å²) >= 11 is -0.0881. The minimum atomic E-state index is -4.36. The van der Waals surface area contributed by atoms with E-state index in [4.69, 9.17) is 4.74 Å². The van der Waals surface area contributed by atoms with Crippen LogP contribution in [-0.4, -0.2) is 12.6 Å². The first-order valence-electron chi connectivity index (χ1n) is 6.50. The van der Waals surface area contributed by atoms with E-state index in [0.717, 1.165) is 5.56 Å². The normalized spacial score (nSPS) is 13.0. The standard InChI is InChI=1S/C16H14F4OS/c1-21-14-8-2-11(3-9-14)10-15(22-16(18,19)20)12-4-6-13(17)7-5-12/h2-9,15H,10H2,1H3. The first-order valence-corrected chi connectivity index (χ1v) is 7.38. The predicted molar refractivity (Wildman–Crippen MR) is 79.5 cm³/mol. The minimum absolute atomic E-state index is 0.0881. The van der Waals surface area contributed by atoms with Crippen LogP contribution in [0.3, 0.4) is 0 Å². The van der Waals surface area contributed by atoms with Crippen LogP contribution in [0.25, 0.3) is 0 Å². The van der Waals surface area contributed by atoms with Crippen LogP contribution in [0.5, 0.6) is 5.75 Å². The van der Waals surface area contributed by atoms with Crippen molar-refractivity contribution in [2.75, 3.05) is 7.11 Å². The molecule has 22 heavy (non-hydrogen) atoms. The molecule has 0 aliphatic rings. The van der Waals surface area contributed by atoms with Crippen molar-refractivity contribution in [2.24, 2.45) is 0 Å². The van der Waals surface area contributed by atoms with E-state index in [1.165, 1.54) is 31.4 Å². The molecule has 0 saturated heterocycles. The van der Waals surface area contributed by atoms with Gasteiger partial charge in [-0.3, -0.25) is 0 Å². The van der Waals surface area contributed by atoms with Gasteiger partial charge in [0.2, 0.25) is 0 Å². The number of methoxy groups -OCH3 is 1. The molecule has 2 aromatic rings. The highest BCUT2D eigenvalue weighted by Gasteiger charge is 2.33. The molecule has 0 spiro atoms. The van der Waals surface area contributed by atoms with Gasteiger partial charge in [0.25, 0.3) is 0 Å². The van der Waals surface area contributed by atoms with Gasteiger partial charge in [0.05, 0.1) is 7.11 Å². The van der Waals surface area contributed by atoms with Crippen molar-refractivity contribution in [3.05, 3.63) is 65.5 Å². The number of thioether (sulfide) groups is 1. The summed E-state index contributed by atoms with van der Waals surface area (Å²) in [4.78, 5) is 0. The molecule has 0 aliphatic heterocycles. The van der Waals surface area contributed by atoms with Crippen LogP contribution >= 0.6 is 11.8 Å². The molecular weight excluding hydrogens is 316 g/mol. The van der Waals surface area contributed by atoms with E-state index in [9.17, 15) is 17.6 Å². The number of hydrogen-bond donors (Lipinski definition) is 0. The molecule has 0 N–H and O–H groups in total. The second-order valence-electron chi connectivity index (χ2n) is 4.66. The highest BCUT2D eigenvalue weighted by Crippen LogP contribution is 2.43. The summed E-state index contributed by atoms with van der Waals surface area (Å²) in [5, 5.41) is -0.825. The molecular formula is C16H14F4OS. The summed E-state index contributed by atoms with van der Waals surface area (Å²) in [5.41, 5.74) is -3.16. The lowest BCUT2D eigenvalue weighted by Gasteiger charge is -2.19. The Kier molecular flexibility index (Phi) is 5.34. The van der Waals surface area contributed by atoms with Gasteiger partial charge in [0.15, 0.2) is 0 Å². The SMILES string of the molecule is COc1ccc(CC(SC(F)(F)F)c2ccc(F)cc2)cc1. The van der Waals surface area contributed by atoms with Gasteiger partial charge in [-0.25, -0.2) is 4.39 Å². The lowest BCUT2D eigenvalue weighted by Crippen LogP contribution is -2.08. The molecule has 1 atom stereocenters. The zero-order valence-electron chi connectivity index (χ0n) is 11.7. The Balaban J connectivity index is 2.21. The topological polar surface area (TPSA) is 9.23 Å². The highest BCUT2D eigenvalue weighted by atomic mass is 32.2. The van der Waals surface area contributed by atoms with Crippen molar-refractivity contribution < 1.29 is 22.3 Å². The molecule has 0 amide bonds. The van der Waals surface area contributed by atoms with Crippen LogP contribution in [0, 0.1) is 5.82 Å². The predicted octanol–water partition coefficient (Wildman–Crippen LogP) is 5.37. The van der Waals surface area contributed by atoms with E-state index in [-0.39, 0.29) is 18.2 Å². The van der Waals surface area contributed by atoms with Gasteiger partial charge in [0.1, 0.15) is 11.6 Å². The quantitative estimate of drug-likeness (QED) is 0.682. The number of halogens is 4. The third kappa shape index (κ3) is 4.94. The molecule has 0 bridgehead atoms. The summed E-state index contributed by atoms with van der Waals surface area (Å²) in [6, 6.07) is 12.0. The first kappa shape index (κ1) is 16.7. The van der Waals surface area contributed by atoms with Crippen LogP contribution in [0.15, 0.2) is 48.5 Å². The molecule has 0 aromatic heterocycles. The van der Waals surface area contributed by atoms with Crippen molar-refractivity contribution >= 4 is 11.8 Å². The fraction of sp³-hybridized carbons (Fsp3) is 0.250. The largest absolute Gasteiger partial charge is 0.497 e. The smallest absolute Gasteiger partial charge is 0.442 e. The third-order valence-electron chi connectivity index (χ3n) is 3.10. The summed E-state index contributed by atoms with van der Waals surface area (Å²) in [6.07, 6.45) is 0.194. The molecule has 1 unspecified atom stereocenters. The molecule has 0 radical (unpaired) electrons. The highest BCUT2D eigenvalue weighted by molar-refractivity contribution is 8.00. The van der Waals surface area contributed by atoms with Gasteiger partial charge < -0.3 is 4.74 Å². The van der Waals surface area contributed by atoms with Crippen molar-refractivity contribution in [3.63, 3.8) is 0 Å². The van der Waals surface area contributed by atoms with E-state index in [0.29, 0.717) is 11.3 Å². The molecule has 118 valence electrons. The van der Waals surface area contributed by atoms with Crippen LogP contribution in [0.1, 0.15) is 16.4 Å². The van der Waals surface area contributed by atoms with Gasteiger partial charge >= 0.3 is 5.51 Å². The molecule has 0 fully saturated rings. The Morgan fingerprint density at radius 2 is 1.59 bits per heavy atom. The Morgan fingerprint density at radius 3 is 2.09 bits per heavy atom. The van der Waals surface area contributed by atoms with Crippen LogP contribution in [0.4, 0.5) is 17.6 Å². The van der Waals surface area contributed by atoms with E-state index in [2.05, 4.69) is 0 Å². The second kappa shape index (κ2) is 7.05. The van der Waals surface area contributed by atoms with Gasteiger partial charge in [-0.2, -0.15) is 13.2 Å². The van der Waals surface area contributed by atoms with E-state index < -0.39 is 16.6 Å². The molecule has 1 nitrogen and oxygen atoms in total. The van der Waals surface area contributed by atoms with Crippen molar-refractivity contribution in [2.45, 2.75) is 17.2 Å². The Bertz CT molecular complexity index is 593. The molecule has 2 rings (SSSR count). The zero-order chi connectivity index (χ0) is 16.2. The summed E-state index contributed by atoms with van der Waals surface area (Å²) in [7, 11) is 1.52. The molecule has 0 saturated carbocycles. The van der Waals surface area contributed by atoms with Gasteiger partial charge in [-0.15, -0.1) is 0 Å². The first-order chi connectivity index (χ1) is 10.4. The molecule has 6 heteroatoms. The van der Waals surface area contributed by atoms with Crippen molar-refractivity contribution in [3.8, 4) is 5.75 Å². The second-order valence-corrected chi connectivity index (χ2v) is 5.92. The summed E-state index contributed by atoms with van der Waals surface area (Å²) in [5.74, 6) is 0.175. The van der Waals surface area contributed by atoms with E-state index in [1.54, 1.807) is 24.3 Å². The number of rotatable bonds is 5. The molecule has 0 aliphatic carbocycles. The fourth-order valence-corrected chi connectivity index (χ4v) is 2.93. The van der Waals surface area contributed by atoms with E-state index >= 15 is 0 Å². The number of hydrogen-bond acceptors (Lipinski definition) is 2. The summed E-state index contributed by atoms with van der Waals surface area (Å²) in [6.45, 7) is 0. The van der Waals surface area contributed by atoms with Crippen LogP contribution in [-0.2, 0) is 6.42 Å². The number of ether oxygens (including phenoxy) is 1. The van der Waals surface area contributed by atoms with Crippen LogP contribution < -0.4 is 4.74 Å². The summed E-state index contributed by atoms with van der Waals surface area (Å²) < 4.78 is 56.3. The lowest BCUT2D eigenvalue weighted by molar-refractivity contribution is -0.0334. The van der Waals surface area contributed by atoms with Crippen molar-refractivity contribution in [1.82, 2.24) is 0 Å². The monoisotopic (exact) mass is 330 g/mol. The Morgan fingerprint density at radius 1 is 1.00 bits per heavy atom. The van der Waals surface area contributed by atoms with E-state index in [1.807, 2.05) is 0 Å². The lowest BCUT2D eigenvalue weighted by atomic mass is 10.0. The maximum absolute atomic E-state index is 13.0. The molecule has 2 aromatic carbocycles. The fourth-order valence-electron chi connectivity index (χ4n) is 2.04.